The highest BCUT2D eigenvalue weighted by atomic mass is 32.2. The molecule has 15 heavy (non-hydrogen) atoms. The first-order valence-electron chi connectivity index (χ1n) is 4.40. The Balaban J connectivity index is 2.59. The molecule has 1 saturated heterocycles. The van der Waals surface area contributed by atoms with Gasteiger partial charge in [-0.25, -0.2) is 8.42 Å². The van der Waals surface area contributed by atoms with Gasteiger partial charge in [0.05, 0.1) is 11.5 Å². The summed E-state index contributed by atoms with van der Waals surface area (Å²) in [6.45, 7) is -0.785. The van der Waals surface area contributed by atoms with Crippen LogP contribution in [0.5, 0.6) is 0 Å². The first kappa shape index (κ1) is 11.9. The van der Waals surface area contributed by atoms with Crippen molar-refractivity contribution in [1.82, 2.24) is 4.90 Å². The second-order valence-electron chi connectivity index (χ2n) is 3.55. The molecule has 8 heteroatoms. The minimum absolute atomic E-state index is 0.0494. The molecule has 1 heterocycles. The number of likely N-dealkylation sites (N-methyl/N-ethyl adjacent to an activating group) is 1. The van der Waals surface area contributed by atoms with Gasteiger partial charge < -0.3 is 4.90 Å². The van der Waals surface area contributed by atoms with E-state index in [1.54, 1.807) is 0 Å². The minimum atomic E-state index is -3.07. The molecular formula is C7H12N2O5S. The Hall–Kier alpha value is -1.18. The maximum Gasteiger partial charge on any atom is 0.294 e. The van der Waals surface area contributed by atoms with Gasteiger partial charge in [0.2, 0.25) is 0 Å². The third kappa shape index (κ3) is 3.15. The summed E-state index contributed by atoms with van der Waals surface area (Å²) in [5.41, 5.74) is 0. The molecule has 1 aliphatic rings. The zero-order valence-corrected chi connectivity index (χ0v) is 9.07. The van der Waals surface area contributed by atoms with E-state index in [1.807, 2.05) is 0 Å². The van der Waals surface area contributed by atoms with E-state index in [9.17, 15) is 23.3 Å². The summed E-state index contributed by atoms with van der Waals surface area (Å²) in [6.07, 6.45) is 0.363. The second kappa shape index (κ2) is 4.13. The van der Waals surface area contributed by atoms with Crippen molar-refractivity contribution in [2.45, 2.75) is 12.5 Å². The molecule has 0 N–H and O–H groups in total. The summed E-state index contributed by atoms with van der Waals surface area (Å²) in [6, 6.07) is -0.414. The standard InChI is InChI=1S/C7H12N2O5S/c1-8(7(10)4-9(11)12)6-2-3-15(13,14)5-6/h6H,2-5H2,1H3. The smallest absolute Gasteiger partial charge is 0.294 e. The maximum atomic E-state index is 11.2. The Morgan fingerprint density at radius 2 is 2.20 bits per heavy atom. The largest absolute Gasteiger partial charge is 0.336 e. The summed E-state index contributed by atoms with van der Waals surface area (Å²) < 4.78 is 22.2. The molecule has 1 atom stereocenters. The lowest BCUT2D eigenvalue weighted by molar-refractivity contribution is -0.468. The van der Waals surface area contributed by atoms with Crippen LogP contribution < -0.4 is 0 Å². The third-order valence-corrected chi connectivity index (χ3v) is 4.16. The third-order valence-electron chi connectivity index (χ3n) is 2.41. The van der Waals surface area contributed by atoms with Crippen LogP contribution in [0.1, 0.15) is 6.42 Å². The van der Waals surface area contributed by atoms with Crippen molar-refractivity contribution in [2.24, 2.45) is 0 Å². The van der Waals surface area contributed by atoms with Gasteiger partial charge >= 0.3 is 0 Å². The van der Waals surface area contributed by atoms with Gasteiger partial charge in [-0.15, -0.1) is 0 Å². The van der Waals surface area contributed by atoms with Crippen LogP contribution in [0, 0.1) is 10.1 Å². The highest BCUT2D eigenvalue weighted by molar-refractivity contribution is 7.91. The fourth-order valence-electron chi connectivity index (χ4n) is 1.51. The van der Waals surface area contributed by atoms with Crippen molar-refractivity contribution in [3.63, 3.8) is 0 Å². The van der Waals surface area contributed by atoms with Gasteiger partial charge in [0, 0.05) is 18.0 Å². The normalized spacial score (nSPS) is 23.7. The van der Waals surface area contributed by atoms with Crippen molar-refractivity contribution in [2.75, 3.05) is 25.1 Å². The summed E-state index contributed by atoms with van der Waals surface area (Å²) in [5.74, 6) is -0.692. The second-order valence-corrected chi connectivity index (χ2v) is 5.78. The van der Waals surface area contributed by atoms with E-state index in [2.05, 4.69) is 0 Å². The van der Waals surface area contributed by atoms with Crippen molar-refractivity contribution in [3.8, 4) is 0 Å². The van der Waals surface area contributed by atoms with Gasteiger partial charge in [0.25, 0.3) is 12.5 Å². The van der Waals surface area contributed by atoms with Gasteiger partial charge in [-0.3, -0.25) is 14.9 Å². The first-order valence-corrected chi connectivity index (χ1v) is 6.22. The lowest BCUT2D eigenvalue weighted by atomic mass is 10.2. The summed E-state index contributed by atoms with van der Waals surface area (Å²) in [5, 5.41) is 10.1. The average molecular weight is 236 g/mol. The number of nitro groups is 1. The maximum absolute atomic E-state index is 11.2. The molecule has 0 aliphatic carbocycles. The van der Waals surface area contributed by atoms with Crippen molar-refractivity contribution >= 4 is 15.7 Å². The number of nitrogens with zero attached hydrogens (tertiary/aromatic N) is 2. The van der Waals surface area contributed by atoms with E-state index < -0.39 is 33.3 Å². The fraction of sp³-hybridized carbons (Fsp3) is 0.857. The zero-order chi connectivity index (χ0) is 11.6. The number of rotatable bonds is 3. The molecule has 1 fully saturated rings. The predicted molar refractivity (Wildman–Crippen MR) is 51.7 cm³/mol. The van der Waals surface area contributed by atoms with Crippen LogP contribution in [0.3, 0.4) is 0 Å². The molecule has 1 aliphatic heterocycles. The lowest BCUT2D eigenvalue weighted by Crippen LogP contribution is -2.40. The van der Waals surface area contributed by atoms with Gasteiger partial charge in [0.1, 0.15) is 0 Å². The van der Waals surface area contributed by atoms with Crippen molar-refractivity contribution in [1.29, 1.82) is 0 Å². The number of sulfone groups is 1. The van der Waals surface area contributed by atoms with Crippen molar-refractivity contribution < 1.29 is 18.1 Å². The van der Waals surface area contributed by atoms with Crippen LogP contribution in [-0.2, 0) is 14.6 Å². The Labute approximate surface area is 87.1 Å². The molecule has 0 spiro atoms. The van der Waals surface area contributed by atoms with Gasteiger partial charge in [-0.05, 0) is 6.42 Å². The molecule has 1 amide bonds. The van der Waals surface area contributed by atoms with E-state index in [4.69, 9.17) is 0 Å². The number of amides is 1. The molecule has 0 radical (unpaired) electrons. The number of carbonyl (C=O) groups excluding carboxylic acids is 1. The van der Waals surface area contributed by atoms with E-state index in [0.717, 1.165) is 4.90 Å². The molecule has 0 aromatic carbocycles. The monoisotopic (exact) mass is 236 g/mol. The van der Waals surface area contributed by atoms with Crippen LogP contribution in [0.15, 0.2) is 0 Å². The molecule has 0 saturated carbocycles. The molecule has 0 aromatic rings. The van der Waals surface area contributed by atoms with E-state index >= 15 is 0 Å². The zero-order valence-electron chi connectivity index (χ0n) is 8.25. The number of hydrogen-bond donors (Lipinski definition) is 0. The molecule has 0 bridgehead atoms. The molecule has 1 unspecified atom stereocenters. The molecule has 0 aromatic heterocycles. The SMILES string of the molecule is CN(C(=O)C[N+](=O)[O-])C1CCS(=O)(=O)C1. The van der Waals surface area contributed by atoms with Crippen LogP contribution >= 0.6 is 0 Å². The molecular weight excluding hydrogens is 224 g/mol. The molecule has 86 valence electrons. The molecule has 7 nitrogen and oxygen atoms in total. The predicted octanol–water partition coefficient (Wildman–Crippen LogP) is -1.09. The van der Waals surface area contributed by atoms with Crippen LogP contribution in [0.2, 0.25) is 0 Å². The highest BCUT2D eigenvalue weighted by Crippen LogP contribution is 2.16. The topological polar surface area (TPSA) is 97.6 Å². The fourth-order valence-corrected chi connectivity index (χ4v) is 3.28. The number of carbonyl (C=O) groups is 1. The lowest BCUT2D eigenvalue weighted by Gasteiger charge is -2.21. The highest BCUT2D eigenvalue weighted by Gasteiger charge is 2.33. The minimum Gasteiger partial charge on any atom is -0.336 e. The molecule has 1 rings (SSSR count). The first-order chi connectivity index (χ1) is 6.82. The van der Waals surface area contributed by atoms with Gasteiger partial charge in [-0.2, -0.15) is 0 Å². The van der Waals surface area contributed by atoms with Gasteiger partial charge in [-0.1, -0.05) is 0 Å². The summed E-state index contributed by atoms with van der Waals surface area (Å²) in [7, 11) is -1.67. The van der Waals surface area contributed by atoms with Crippen LogP contribution in [-0.4, -0.2) is 55.3 Å². The van der Waals surface area contributed by atoms with Crippen LogP contribution in [0.4, 0.5) is 0 Å². The van der Waals surface area contributed by atoms with E-state index in [0.29, 0.717) is 6.42 Å². The Bertz CT molecular complexity index is 377. The summed E-state index contributed by atoms with van der Waals surface area (Å²) >= 11 is 0. The van der Waals surface area contributed by atoms with Crippen LogP contribution in [0.25, 0.3) is 0 Å². The summed E-state index contributed by atoms with van der Waals surface area (Å²) in [4.78, 5) is 21.8. The van der Waals surface area contributed by atoms with E-state index in [1.165, 1.54) is 7.05 Å². The Morgan fingerprint density at radius 1 is 1.60 bits per heavy atom. The van der Waals surface area contributed by atoms with E-state index in [-0.39, 0.29) is 11.5 Å². The van der Waals surface area contributed by atoms with Gasteiger partial charge in [0.15, 0.2) is 9.84 Å². The Morgan fingerprint density at radius 3 is 2.60 bits per heavy atom. The number of hydrogen-bond acceptors (Lipinski definition) is 5. The average Bonchev–Trinajstić information content (AvgIpc) is 2.43. The van der Waals surface area contributed by atoms with Crippen molar-refractivity contribution in [3.05, 3.63) is 10.1 Å². The Kier molecular flexibility index (Phi) is 3.28. The quantitative estimate of drug-likeness (QED) is 0.458.